The Kier molecular flexibility index (Phi) is 6.03. The summed E-state index contributed by atoms with van der Waals surface area (Å²) in [5.74, 6) is 1.44. The van der Waals surface area contributed by atoms with Crippen molar-refractivity contribution < 1.29 is 22.7 Å². The van der Waals surface area contributed by atoms with E-state index in [1.54, 1.807) is 25.1 Å². The van der Waals surface area contributed by atoms with Crippen molar-refractivity contribution in [2.24, 2.45) is 0 Å². The average molecular weight is 472 g/mol. The molecular weight excluding hydrogens is 442 g/mol. The standard InChI is InChI=1S/C24H29N3O5S/c1-18-4-6-20(15-23(18)33(29,30)27-8-2-3-9-27)24(28)26-12-10-25(11-13-26)16-19-5-7-21-22(14-19)32-17-31-21/h4-7,14-15H,2-3,8-13,16-17H2,1H3. The molecule has 0 saturated carbocycles. The van der Waals surface area contributed by atoms with Crippen molar-refractivity contribution in [3.8, 4) is 11.5 Å². The Labute approximate surface area is 194 Å². The maximum Gasteiger partial charge on any atom is 0.253 e. The Bertz CT molecular complexity index is 1150. The molecule has 5 rings (SSSR count). The van der Waals surface area contributed by atoms with Gasteiger partial charge in [0.05, 0.1) is 4.90 Å². The number of aryl methyl sites for hydroxylation is 1. The van der Waals surface area contributed by atoms with Gasteiger partial charge in [-0.25, -0.2) is 8.42 Å². The molecule has 1 amide bonds. The van der Waals surface area contributed by atoms with Crippen LogP contribution in [-0.4, -0.2) is 74.5 Å². The number of piperazine rings is 1. The smallest absolute Gasteiger partial charge is 0.253 e. The Morgan fingerprint density at radius 3 is 2.39 bits per heavy atom. The topological polar surface area (TPSA) is 79.4 Å². The molecular formula is C24H29N3O5S. The van der Waals surface area contributed by atoms with Crippen LogP contribution in [0.4, 0.5) is 0 Å². The number of hydrogen-bond acceptors (Lipinski definition) is 6. The van der Waals surface area contributed by atoms with Crippen LogP contribution in [0.15, 0.2) is 41.3 Å². The van der Waals surface area contributed by atoms with Crippen molar-refractivity contribution in [2.75, 3.05) is 46.1 Å². The van der Waals surface area contributed by atoms with Gasteiger partial charge in [-0.05, 0) is 55.2 Å². The lowest BCUT2D eigenvalue weighted by Gasteiger charge is -2.35. The third-order valence-corrected chi connectivity index (χ3v) is 8.66. The van der Waals surface area contributed by atoms with Gasteiger partial charge in [-0.3, -0.25) is 9.69 Å². The van der Waals surface area contributed by atoms with Gasteiger partial charge in [-0.1, -0.05) is 12.1 Å². The molecule has 33 heavy (non-hydrogen) atoms. The van der Waals surface area contributed by atoms with Crippen LogP contribution in [0.5, 0.6) is 11.5 Å². The number of carbonyl (C=O) groups excluding carboxylic acids is 1. The number of carbonyl (C=O) groups is 1. The highest BCUT2D eigenvalue weighted by Gasteiger charge is 2.30. The van der Waals surface area contributed by atoms with Crippen molar-refractivity contribution in [2.45, 2.75) is 31.2 Å². The van der Waals surface area contributed by atoms with Crippen molar-refractivity contribution >= 4 is 15.9 Å². The second kappa shape index (κ2) is 8.96. The molecule has 0 aliphatic carbocycles. The van der Waals surface area contributed by atoms with E-state index in [1.807, 2.05) is 23.1 Å². The molecule has 3 aliphatic heterocycles. The molecule has 2 aromatic rings. The van der Waals surface area contributed by atoms with Gasteiger partial charge in [0.25, 0.3) is 5.91 Å². The summed E-state index contributed by atoms with van der Waals surface area (Å²) in [6.45, 7) is 6.64. The van der Waals surface area contributed by atoms with Gasteiger partial charge in [0.15, 0.2) is 11.5 Å². The van der Waals surface area contributed by atoms with Crippen LogP contribution in [0.2, 0.25) is 0 Å². The van der Waals surface area contributed by atoms with E-state index in [4.69, 9.17) is 9.47 Å². The maximum atomic E-state index is 13.2. The number of sulfonamides is 1. The van der Waals surface area contributed by atoms with E-state index >= 15 is 0 Å². The largest absolute Gasteiger partial charge is 0.454 e. The fourth-order valence-electron chi connectivity index (χ4n) is 4.67. The summed E-state index contributed by atoms with van der Waals surface area (Å²) in [5, 5.41) is 0. The quantitative estimate of drug-likeness (QED) is 0.667. The molecule has 8 nitrogen and oxygen atoms in total. The Morgan fingerprint density at radius 2 is 1.64 bits per heavy atom. The van der Waals surface area contributed by atoms with Crippen LogP contribution >= 0.6 is 0 Å². The van der Waals surface area contributed by atoms with Crippen LogP contribution in [0.25, 0.3) is 0 Å². The number of benzene rings is 2. The zero-order valence-corrected chi connectivity index (χ0v) is 19.6. The summed E-state index contributed by atoms with van der Waals surface area (Å²) in [5.41, 5.74) is 2.25. The fraction of sp³-hybridized carbons (Fsp3) is 0.458. The molecule has 0 bridgehead atoms. The van der Waals surface area contributed by atoms with E-state index < -0.39 is 10.0 Å². The number of nitrogens with zero attached hydrogens (tertiary/aromatic N) is 3. The first kappa shape index (κ1) is 22.2. The average Bonchev–Trinajstić information content (AvgIpc) is 3.52. The van der Waals surface area contributed by atoms with E-state index in [0.29, 0.717) is 37.3 Å². The number of amides is 1. The fourth-order valence-corrected chi connectivity index (χ4v) is 6.44. The van der Waals surface area contributed by atoms with Gasteiger partial charge in [-0.2, -0.15) is 4.31 Å². The SMILES string of the molecule is Cc1ccc(C(=O)N2CCN(Cc3ccc4c(c3)OCO4)CC2)cc1S(=O)(=O)N1CCCC1. The lowest BCUT2D eigenvalue weighted by molar-refractivity contribution is 0.0628. The third kappa shape index (κ3) is 4.45. The van der Waals surface area contributed by atoms with Crippen molar-refractivity contribution in [3.05, 3.63) is 53.1 Å². The van der Waals surface area contributed by atoms with Crippen LogP contribution in [-0.2, 0) is 16.6 Å². The van der Waals surface area contributed by atoms with Gasteiger partial charge in [-0.15, -0.1) is 0 Å². The van der Waals surface area contributed by atoms with Crippen molar-refractivity contribution in [1.29, 1.82) is 0 Å². The molecule has 0 unspecified atom stereocenters. The predicted molar refractivity (Wildman–Crippen MR) is 123 cm³/mol. The first-order valence-electron chi connectivity index (χ1n) is 11.4. The zero-order chi connectivity index (χ0) is 23.0. The van der Waals surface area contributed by atoms with Gasteiger partial charge in [0, 0.05) is 51.4 Å². The van der Waals surface area contributed by atoms with E-state index in [9.17, 15) is 13.2 Å². The van der Waals surface area contributed by atoms with Crippen molar-refractivity contribution in [1.82, 2.24) is 14.1 Å². The highest BCUT2D eigenvalue weighted by molar-refractivity contribution is 7.89. The Hall–Kier alpha value is -2.62. The molecule has 2 saturated heterocycles. The van der Waals surface area contributed by atoms with E-state index in [0.717, 1.165) is 49.5 Å². The minimum atomic E-state index is -3.57. The van der Waals surface area contributed by atoms with Gasteiger partial charge in [0.2, 0.25) is 16.8 Å². The number of rotatable bonds is 5. The van der Waals surface area contributed by atoms with Crippen LogP contribution in [0.3, 0.4) is 0 Å². The molecule has 9 heteroatoms. The lowest BCUT2D eigenvalue weighted by atomic mass is 10.1. The Balaban J connectivity index is 1.24. The lowest BCUT2D eigenvalue weighted by Crippen LogP contribution is -2.48. The molecule has 2 fully saturated rings. The summed E-state index contributed by atoms with van der Waals surface area (Å²) in [6, 6.07) is 11.0. The number of hydrogen-bond donors (Lipinski definition) is 0. The normalized spacial score (nSPS) is 19.2. The zero-order valence-electron chi connectivity index (χ0n) is 18.8. The van der Waals surface area contributed by atoms with Crippen LogP contribution in [0.1, 0.15) is 34.3 Å². The van der Waals surface area contributed by atoms with Gasteiger partial charge < -0.3 is 14.4 Å². The van der Waals surface area contributed by atoms with Crippen molar-refractivity contribution in [3.63, 3.8) is 0 Å². The molecule has 176 valence electrons. The molecule has 0 spiro atoms. The second-order valence-corrected chi connectivity index (χ2v) is 10.8. The molecule has 0 atom stereocenters. The summed E-state index contributed by atoms with van der Waals surface area (Å²) in [7, 11) is -3.57. The first-order valence-corrected chi connectivity index (χ1v) is 12.9. The summed E-state index contributed by atoms with van der Waals surface area (Å²) in [4.78, 5) is 17.5. The second-order valence-electron chi connectivity index (χ2n) is 8.85. The summed E-state index contributed by atoms with van der Waals surface area (Å²) in [6.07, 6.45) is 1.76. The highest BCUT2D eigenvalue weighted by atomic mass is 32.2. The molecule has 0 aromatic heterocycles. The number of fused-ring (bicyclic) bond motifs is 1. The predicted octanol–water partition coefficient (Wildman–Crippen LogP) is 2.47. The third-order valence-electron chi connectivity index (χ3n) is 6.62. The minimum absolute atomic E-state index is 0.115. The van der Waals surface area contributed by atoms with Gasteiger partial charge in [0.1, 0.15) is 0 Å². The number of ether oxygens (including phenoxy) is 2. The minimum Gasteiger partial charge on any atom is -0.454 e. The molecule has 0 radical (unpaired) electrons. The Morgan fingerprint density at radius 1 is 0.909 bits per heavy atom. The molecule has 3 heterocycles. The van der Waals surface area contributed by atoms with E-state index in [-0.39, 0.29) is 17.6 Å². The summed E-state index contributed by atoms with van der Waals surface area (Å²) < 4.78 is 38.5. The molecule has 3 aliphatic rings. The molecule has 2 aromatic carbocycles. The summed E-state index contributed by atoms with van der Waals surface area (Å²) >= 11 is 0. The van der Waals surface area contributed by atoms with E-state index in [1.165, 1.54) is 4.31 Å². The first-order chi connectivity index (χ1) is 15.9. The van der Waals surface area contributed by atoms with E-state index in [2.05, 4.69) is 4.90 Å². The van der Waals surface area contributed by atoms with Crippen LogP contribution in [0, 0.1) is 6.92 Å². The monoisotopic (exact) mass is 471 g/mol. The highest BCUT2D eigenvalue weighted by Crippen LogP contribution is 2.33. The van der Waals surface area contributed by atoms with Crippen LogP contribution < -0.4 is 9.47 Å². The molecule has 0 N–H and O–H groups in total. The van der Waals surface area contributed by atoms with Gasteiger partial charge >= 0.3 is 0 Å². The maximum absolute atomic E-state index is 13.2.